The normalized spacial score (nSPS) is 14.4. The molecule has 0 bridgehead atoms. The van der Waals surface area contributed by atoms with Gasteiger partial charge in [-0.05, 0) is 45.4 Å². The van der Waals surface area contributed by atoms with E-state index in [1.54, 1.807) is 26.2 Å². The summed E-state index contributed by atoms with van der Waals surface area (Å²) >= 11 is 1.23. The molecule has 10 heteroatoms. The Kier molecular flexibility index (Phi) is 7.96. The molecule has 31 heavy (non-hydrogen) atoms. The molecule has 1 aromatic heterocycles. The Bertz CT molecular complexity index is 924. The van der Waals surface area contributed by atoms with Gasteiger partial charge in [0, 0.05) is 11.4 Å². The number of nitrogens with one attached hydrogen (secondary N) is 1. The highest BCUT2D eigenvalue weighted by Crippen LogP contribution is 2.24. The van der Waals surface area contributed by atoms with Gasteiger partial charge >= 0.3 is 5.97 Å². The lowest BCUT2D eigenvalue weighted by molar-refractivity contribution is -0.158. The fraction of sp³-hybridized carbons (Fsp3) is 0.429. The number of ether oxygens (including phenoxy) is 1. The summed E-state index contributed by atoms with van der Waals surface area (Å²) in [5.74, 6) is -4.68. The third-order valence-corrected chi connectivity index (χ3v) is 4.81. The van der Waals surface area contributed by atoms with E-state index in [9.17, 15) is 23.2 Å². The maximum absolute atomic E-state index is 13.3. The van der Waals surface area contributed by atoms with Crippen molar-refractivity contribution in [1.82, 2.24) is 10.3 Å². The van der Waals surface area contributed by atoms with Gasteiger partial charge in [-0.3, -0.25) is 14.4 Å². The van der Waals surface area contributed by atoms with Crippen LogP contribution in [0.1, 0.15) is 44.9 Å². The van der Waals surface area contributed by atoms with Crippen molar-refractivity contribution in [3.8, 4) is 0 Å². The van der Waals surface area contributed by atoms with Crippen LogP contribution in [0.15, 0.2) is 29.1 Å². The Balaban J connectivity index is 2.14. The number of nitrogens with zero attached hydrogens (tertiary/aromatic N) is 1. The van der Waals surface area contributed by atoms with Gasteiger partial charge in [0.25, 0.3) is 0 Å². The molecule has 2 unspecified atom stereocenters. The van der Waals surface area contributed by atoms with Gasteiger partial charge in [-0.2, -0.15) is 0 Å². The molecule has 1 heterocycles. The van der Waals surface area contributed by atoms with Gasteiger partial charge in [0.1, 0.15) is 23.3 Å². The Morgan fingerprint density at radius 3 is 2.32 bits per heavy atom. The molecule has 0 spiro atoms. The summed E-state index contributed by atoms with van der Waals surface area (Å²) in [6.45, 7) is 6.47. The number of thiazole rings is 1. The molecule has 1 amide bonds. The van der Waals surface area contributed by atoms with Crippen molar-refractivity contribution in [2.24, 2.45) is 5.73 Å². The van der Waals surface area contributed by atoms with E-state index in [4.69, 9.17) is 10.5 Å². The molecule has 7 nitrogen and oxygen atoms in total. The molecule has 0 aliphatic carbocycles. The Hall–Kier alpha value is -2.72. The molecule has 2 aromatic rings. The molecule has 0 aliphatic heterocycles. The second-order valence-corrected chi connectivity index (χ2v) is 8.81. The summed E-state index contributed by atoms with van der Waals surface area (Å²) in [7, 11) is 0. The SMILES string of the molecule is C[C@H](NC(=O)Cc1cc(F)cc(F)c1)C(=O)C(c1cscn1)C(N)C(=O)OC(C)(C)C. The zero-order valence-corrected chi connectivity index (χ0v) is 18.5. The van der Waals surface area contributed by atoms with E-state index in [0.29, 0.717) is 11.8 Å². The van der Waals surface area contributed by atoms with Crippen LogP contribution in [0.4, 0.5) is 8.78 Å². The van der Waals surface area contributed by atoms with Crippen molar-refractivity contribution < 1.29 is 27.9 Å². The Labute approximate surface area is 183 Å². The Morgan fingerprint density at radius 1 is 1.19 bits per heavy atom. The number of hydrogen-bond acceptors (Lipinski definition) is 7. The highest BCUT2D eigenvalue weighted by atomic mass is 32.1. The summed E-state index contributed by atoms with van der Waals surface area (Å²) in [6, 6.07) is 0.401. The zero-order valence-electron chi connectivity index (χ0n) is 17.6. The number of halogens is 2. The van der Waals surface area contributed by atoms with Crippen LogP contribution in [0.2, 0.25) is 0 Å². The average molecular weight is 454 g/mol. The van der Waals surface area contributed by atoms with Gasteiger partial charge in [-0.1, -0.05) is 0 Å². The van der Waals surface area contributed by atoms with Crippen molar-refractivity contribution >= 4 is 29.0 Å². The number of carbonyl (C=O) groups excluding carboxylic acids is 3. The summed E-state index contributed by atoms with van der Waals surface area (Å²) in [4.78, 5) is 42.0. The maximum atomic E-state index is 13.3. The monoisotopic (exact) mass is 453 g/mol. The lowest BCUT2D eigenvalue weighted by Gasteiger charge is -2.27. The predicted octanol–water partition coefficient (Wildman–Crippen LogP) is 2.49. The van der Waals surface area contributed by atoms with Crippen LogP contribution in [-0.4, -0.2) is 40.3 Å². The quantitative estimate of drug-likeness (QED) is 0.594. The molecule has 1 aromatic carbocycles. The molecule has 168 valence electrons. The van der Waals surface area contributed by atoms with Gasteiger partial charge in [0.05, 0.1) is 29.6 Å². The third-order valence-electron chi connectivity index (χ3n) is 4.21. The van der Waals surface area contributed by atoms with Crippen LogP contribution in [0.25, 0.3) is 0 Å². The van der Waals surface area contributed by atoms with Crippen LogP contribution < -0.4 is 11.1 Å². The first kappa shape index (κ1) is 24.5. The number of rotatable bonds is 8. The molecule has 0 radical (unpaired) electrons. The number of nitrogens with two attached hydrogens (primary N) is 1. The summed E-state index contributed by atoms with van der Waals surface area (Å²) in [5.41, 5.74) is 7.17. The second kappa shape index (κ2) is 10.1. The van der Waals surface area contributed by atoms with E-state index in [2.05, 4.69) is 10.3 Å². The smallest absolute Gasteiger partial charge is 0.324 e. The lowest BCUT2D eigenvalue weighted by Crippen LogP contribution is -2.49. The highest BCUT2D eigenvalue weighted by molar-refractivity contribution is 7.07. The van der Waals surface area contributed by atoms with Crippen LogP contribution in [0, 0.1) is 11.6 Å². The molecular weight excluding hydrogens is 428 g/mol. The maximum Gasteiger partial charge on any atom is 0.324 e. The van der Waals surface area contributed by atoms with E-state index in [0.717, 1.165) is 12.1 Å². The van der Waals surface area contributed by atoms with Gasteiger partial charge < -0.3 is 15.8 Å². The van der Waals surface area contributed by atoms with E-state index < -0.39 is 52.9 Å². The summed E-state index contributed by atoms with van der Waals surface area (Å²) in [5, 5.41) is 4.08. The van der Waals surface area contributed by atoms with Crippen molar-refractivity contribution in [2.45, 2.75) is 57.7 Å². The summed E-state index contributed by atoms with van der Waals surface area (Å²) in [6.07, 6.45) is -0.328. The van der Waals surface area contributed by atoms with E-state index in [-0.39, 0.29) is 12.0 Å². The second-order valence-electron chi connectivity index (χ2n) is 8.10. The molecule has 0 aliphatic rings. The van der Waals surface area contributed by atoms with Crippen molar-refractivity contribution in [3.05, 3.63) is 52.0 Å². The molecule has 0 saturated carbocycles. The first-order valence-corrected chi connectivity index (χ1v) is 10.5. The number of hydrogen-bond donors (Lipinski definition) is 2. The molecule has 2 rings (SSSR count). The number of ketones is 1. The number of Topliss-reactive ketones (excluding diaryl/α,β-unsaturated/α-hetero) is 1. The van der Waals surface area contributed by atoms with E-state index in [1.165, 1.54) is 23.8 Å². The van der Waals surface area contributed by atoms with Crippen molar-refractivity contribution in [2.75, 3.05) is 0 Å². The van der Waals surface area contributed by atoms with Crippen LogP contribution in [0.3, 0.4) is 0 Å². The number of esters is 1. The molecule has 3 atom stereocenters. The molecule has 3 N–H and O–H groups in total. The van der Waals surface area contributed by atoms with Gasteiger partial charge in [-0.15, -0.1) is 11.3 Å². The molecule has 0 saturated heterocycles. The first-order chi connectivity index (χ1) is 14.4. The third kappa shape index (κ3) is 7.18. The van der Waals surface area contributed by atoms with Gasteiger partial charge in [0.2, 0.25) is 5.91 Å². The standard InChI is InChI=1S/C21H25F2N3O4S/c1-11(26-16(27)7-12-5-13(22)8-14(23)6-12)19(28)17(15-9-31-10-25-15)18(24)20(29)30-21(2,3)4/h5-6,8-11,17-18H,7,24H2,1-4H3,(H,26,27)/t11-,17?,18?/m0/s1. The van der Waals surface area contributed by atoms with Gasteiger partial charge in [-0.25, -0.2) is 13.8 Å². The van der Waals surface area contributed by atoms with Crippen LogP contribution in [0.5, 0.6) is 0 Å². The largest absolute Gasteiger partial charge is 0.459 e. The topological polar surface area (TPSA) is 111 Å². The molecule has 0 fully saturated rings. The minimum absolute atomic E-state index is 0.121. The minimum atomic E-state index is -1.33. The lowest BCUT2D eigenvalue weighted by atomic mass is 9.89. The number of carbonyl (C=O) groups is 3. The van der Waals surface area contributed by atoms with Gasteiger partial charge in [0.15, 0.2) is 5.78 Å². The average Bonchev–Trinajstić information content (AvgIpc) is 3.13. The highest BCUT2D eigenvalue weighted by Gasteiger charge is 2.38. The first-order valence-electron chi connectivity index (χ1n) is 9.52. The summed E-state index contributed by atoms with van der Waals surface area (Å²) < 4.78 is 31.9. The van der Waals surface area contributed by atoms with Crippen LogP contribution in [-0.2, 0) is 25.5 Å². The van der Waals surface area contributed by atoms with Crippen molar-refractivity contribution in [3.63, 3.8) is 0 Å². The number of aromatic nitrogens is 1. The number of benzene rings is 1. The van der Waals surface area contributed by atoms with Crippen LogP contribution >= 0.6 is 11.3 Å². The Morgan fingerprint density at radius 2 is 1.81 bits per heavy atom. The minimum Gasteiger partial charge on any atom is -0.459 e. The van der Waals surface area contributed by atoms with Crippen molar-refractivity contribution in [1.29, 1.82) is 0 Å². The van der Waals surface area contributed by atoms with E-state index in [1.807, 2.05) is 0 Å². The molecular formula is C21H25F2N3O4S. The predicted molar refractivity (Wildman–Crippen MR) is 111 cm³/mol. The zero-order chi connectivity index (χ0) is 23.3. The van der Waals surface area contributed by atoms with E-state index >= 15 is 0 Å². The number of amides is 1. The fourth-order valence-corrected chi connectivity index (χ4v) is 3.51. The fourth-order valence-electron chi connectivity index (χ4n) is 2.92.